The standard InChI is InChI=1S/C13H14BrN3/c14-11-4-2-1-3-10(11)12(15)7-9-5-6-17-13(16)8-9/h1-6,8,12H,7,15H2,(H2,16,17). The molecule has 1 aromatic carbocycles. The molecule has 0 radical (unpaired) electrons. The minimum atomic E-state index is -0.0487. The van der Waals surface area contributed by atoms with Gasteiger partial charge in [-0.2, -0.15) is 0 Å². The molecule has 1 aromatic heterocycles. The Bertz CT molecular complexity index is 514. The van der Waals surface area contributed by atoms with Crippen molar-refractivity contribution >= 4 is 21.7 Å². The van der Waals surface area contributed by atoms with Gasteiger partial charge in [0.1, 0.15) is 5.82 Å². The Hall–Kier alpha value is -1.39. The summed E-state index contributed by atoms with van der Waals surface area (Å²) >= 11 is 3.51. The van der Waals surface area contributed by atoms with Crippen LogP contribution in [0.1, 0.15) is 17.2 Å². The maximum Gasteiger partial charge on any atom is 0.123 e. The smallest absolute Gasteiger partial charge is 0.123 e. The molecule has 0 fully saturated rings. The second-order valence-corrected chi connectivity index (χ2v) is 4.78. The summed E-state index contributed by atoms with van der Waals surface area (Å²) in [5.74, 6) is 0.529. The van der Waals surface area contributed by atoms with Crippen LogP contribution < -0.4 is 11.5 Å². The maximum absolute atomic E-state index is 6.19. The molecule has 88 valence electrons. The number of anilines is 1. The number of pyridine rings is 1. The average molecular weight is 292 g/mol. The highest BCUT2D eigenvalue weighted by Crippen LogP contribution is 2.24. The van der Waals surface area contributed by atoms with Gasteiger partial charge < -0.3 is 11.5 Å². The van der Waals surface area contributed by atoms with E-state index in [1.807, 2.05) is 36.4 Å². The number of hydrogen-bond donors (Lipinski definition) is 2. The Kier molecular flexibility index (Phi) is 3.76. The number of halogens is 1. The van der Waals surface area contributed by atoms with Crippen LogP contribution in [0.15, 0.2) is 47.1 Å². The first-order valence-electron chi connectivity index (χ1n) is 5.37. The number of nitrogens with two attached hydrogens (primary N) is 2. The predicted molar refractivity (Wildman–Crippen MR) is 73.4 cm³/mol. The van der Waals surface area contributed by atoms with Crippen LogP contribution >= 0.6 is 15.9 Å². The zero-order chi connectivity index (χ0) is 12.3. The maximum atomic E-state index is 6.19. The fourth-order valence-electron chi connectivity index (χ4n) is 1.76. The van der Waals surface area contributed by atoms with Crippen LogP contribution in [0.25, 0.3) is 0 Å². The molecule has 0 saturated heterocycles. The molecule has 0 amide bonds. The van der Waals surface area contributed by atoms with Crippen LogP contribution in [-0.2, 0) is 6.42 Å². The number of nitrogen functional groups attached to an aromatic ring is 1. The summed E-state index contributed by atoms with van der Waals surface area (Å²) in [6.07, 6.45) is 2.45. The van der Waals surface area contributed by atoms with Crippen molar-refractivity contribution in [2.45, 2.75) is 12.5 Å². The second kappa shape index (κ2) is 5.29. The van der Waals surface area contributed by atoms with Crippen LogP contribution in [0, 0.1) is 0 Å². The first kappa shape index (κ1) is 12.1. The van der Waals surface area contributed by atoms with Gasteiger partial charge in [0.25, 0.3) is 0 Å². The van der Waals surface area contributed by atoms with Crippen molar-refractivity contribution in [1.82, 2.24) is 4.98 Å². The molecule has 0 aliphatic carbocycles. The number of benzene rings is 1. The first-order chi connectivity index (χ1) is 8.16. The second-order valence-electron chi connectivity index (χ2n) is 3.92. The largest absolute Gasteiger partial charge is 0.384 e. The predicted octanol–water partition coefficient (Wildman–Crippen LogP) is 2.67. The summed E-state index contributed by atoms with van der Waals surface area (Å²) in [7, 11) is 0. The lowest BCUT2D eigenvalue weighted by Crippen LogP contribution is -2.14. The third-order valence-corrected chi connectivity index (χ3v) is 3.33. The molecular formula is C13H14BrN3. The van der Waals surface area contributed by atoms with Gasteiger partial charge in [0.05, 0.1) is 0 Å². The molecule has 2 aromatic rings. The summed E-state index contributed by atoms with van der Waals surface area (Å²) in [5.41, 5.74) is 14.0. The van der Waals surface area contributed by atoms with Crippen LogP contribution in [0.2, 0.25) is 0 Å². The van der Waals surface area contributed by atoms with Gasteiger partial charge >= 0.3 is 0 Å². The Balaban J connectivity index is 2.17. The van der Waals surface area contributed by atoms with Crippen LogP contribution in [0.3, 0.4) is 0 Å². The van der Waals surface area contributed by atoms with Crippen molar-refractivity contribution in [3.8, 4) is 0 Å². The molecule has 4 heteroatoms. The summed E-state index contributed by atoms with van der Waals surface area (Å²) in [5, 5.41) is 0. The Morgan fingerprint density at radius 3 is 2.71 bits per heavy atom. The summed E-state index contributed by atoms with van der Waals surface area (Å²) in [6, 6.07) is 11.7. The lowest BCUT2D eigenvalue weighted by atomic mass is 10.0. The van der Waals surface area contributed by atoms with Gasteiger partial charge in [-0.3, -0.25) is 0 Å². The van der Waals surface area contributed by atoms with Gasteiger partial charge in [-0.1, -0.05) is 34.1 Å². The molecule has 0 aliphatic heterocycles. The van der Waals surface area contributed by atoms with E-state index in [0.29, 0.717) is 5.82 Å². The molecule has 4 N–H and O–H groups in total. The fraction of sp³-hybridized carbons (Fsp3) is 0.154. The number of nitrogens with zero attached hydrogens (tertiary/aromatic N) is 1. The lowest BCUT2D eigenvalue weighted by Gasteiger charge is -2.14. The Morgan fingerprint density at radius 2 is 2.00 bits per heavy atom. The molecule has 1 heterocycles. The monoisotopic (exact) mass is 291 g/mol. The minimum absolute atomic E-state index is 0.0487. The van der Waals surface area contributed by atoms with E-state index in [1.165, 1.54) is 0 Å². The van der Waals surface area contributed by atoms with E-state index in [-0.39, 0.29) is 6.04 Å². The molecule has 1 unspecified atom stereocenters. The third kappa shape index (κ3) is 3.05. The zero-order valence-corrected chi connectivity index (χ0v) is 10.9. The van der Waals surface area contributed by atoms with Gasteiger partial charge in [0.2, 0.25) is 0 Å². The average Bonchev–Trinajstić information content (AvgIpc) is 2.29. The summed E-state index contributed by atoms with van der Waals surface area (Å²) < 4.78 is 1.04. The molecule has 0 aliphatic rings. The molecule has 17 heavy (non-hydrogen) atoms. The normalized spacial score (nSPS) is 12.4. The number of aromatic nitrogens is 1. The highest BCUT2D eigenvalue weighted by atomic mass is 79.9. The van der Waals surface area contributed by atoms with Gasteiger partial charge in [-0.15, -0.1) is 0 Å². The van der Waals surface area contributed by atoms with Crippen LogP contribution in [0.5, 0.6) is 0 Å². The van der Waals surface area contributed by atoms with Crippen molar-refractivity contribution in [3.63, 3.8) is 0 Å². The van der Waals surface area contributed by atoms with Crippen molar-refractivity contribution in [2.24, 2.45) is 5.73 Å². The van der Waals surface area contributed by atoms with E-state index < -0.39 is 0 Å². The number of rotatable bonds is 3. The van der Waals surface area contributed by atoms with E-state index in [4.69, 9.17) is 11.5 Å². The Labute approximate surface area is 109 Å². The van der Waals surface area contributed by atoms with Gasteiger partial charge in [-0.05, 0) is 35.7 Å². The van der Waals surface area contributed by atoms with E-state index in [2.05, 4.69) is 20.9 Å². The molecular weight excluding hydrogens is 278 g/mol. The first-order valence-corrected chi connectivity index (χ1v) is 6.16. The van der Waals surface area contributed by atoms with E-state index >= 15 is 0 Å². The number of hydrogen-bond acceptors (Lipinski definition) is 3. The SMILES string of the molecule is Nc1cc(CC(N)c2ccccc2Br)ccn1. The minimum Gasteiger partial charge on any atom is -0.384 e. The highest BCUT2D eigenvalue weighted by Gasteiger charge is 2.10. The third-order valence-electron chi connectivity index (χ3n) is 2.61. The molecule has 2 rings (SSSR count). The van der Waals surface area contributed by atoms with E-state index in [0.717, 1.165) is 22.0 Å². The van der Waals surface area contributed by atoms with Crippen molar-refractivity contribution in [3.05, 3.63) is 58.2 Å². The topological polar surface area (TPSA) is 64.9 Å². The van der Waals surface area contributed by atoms with Crippen LogP contribution in [-0.4, -0.2) is 4.98 Å². The van der Waals surface area contributed by atoms with Crippen molar-refractivity contribution in [1.29, 1.82) is 0 Å². The molecule has 0 saturated carbocycles. The van der Waals surface area contributed by atoms with Crippen molar-refractivity contribution < 1.29 is 0 Å². The zero-order valence-electron chi connectivity index (χ0n) is 9.31. The summed E-state index contributed by atoms with van der Waals surface area (Å²) in [4.78, 5) is 3.97. The van der Waals surface area contributed by atoms with Gasteiger partial charge in [0, 0.05) is 16.7 Å². The van der Waals surface area contributed by atoms with Crippen molar-refractivity contribution in [2.75, 3.05) is 5.73 Å². The molecule has 1 atom stereocenters. The highest BCUT2D eigenvalue weighted by molar-refractivity contribution is 9.10. The van der Waals surface area contributed by atoms with E-state index in [1.54, 1.807) is 6.20 Å². The van der Waals surface area contributed by atoms with Crippen LogP contribution in [0.4, 0.5) is 5.82 Å². The quantitative estimate of drug-likeness (QED) is 0.914. The fourth-order valence-corrected chi connectivity index (χ4v) is 2.34. The summed E-state index contributed by atoms with van der Waals surface area (Å²) in [6.45, 7) is 0. The van der Waals surface area contributed by atoms with Gasteiger partial charge in [0.15, 0.2) is 0 Å². The van der Waals surface area contributed by atoms with E-state index in [9.17, 15) is 0 Å². The molecule has 3 nitrogen and oxygen atoms in total. The lowest BCUT2D eigenvalue weighted by molar-refractivity contribution is 0.718. The molecule has 0 spiro atoms. The Morgan fingerprint density at radius 1 is 1.24 bits per heavy atom. The molecule has 0 bridgehead atoms. The van der Waals surface area contributed by atoms with Gasteiger partial charge in [-0.25, -0.2) is 4.98 Å².